The summed E-state index contributed by atoms with van der Waals surface area (Å²) in [6, 6.07) is 10.6. The monoisotopic (exact) mass is 575 g/mol. The average Bonchev–Trinajstić information content (AvgIpc) is 2.89. The molecule has 0 saturated carbocycles. The van der Waals surface area contributed by atoms with Crippen LogP contribution in [0.3, 0.4) is 0 Å². The zero-order valence-electron chi connectivity index (χ0n) is 20.5. The van der Waals surface area contributed by atoms with E-state index in [-0.39, 0.29) is 39.5 Å². The van der Waals surface area contributed by atoms with Crippen molar-refractivity contribution in [1.82, 2.24) is 19.9 Å². The molecule has 0 unspecified atom stereocenters. The van der Waals surface area contributed by atoms with E-state index in [2.05, 4.69) is 20.0 Å². The Bertz CT molecular complexity index is 1710. The lowest BCUT2D eigenvalue weighted by Gasteiger charge is -2.14. The molecule has 0 aliphatic carbocycles. The molecule has 0 spiro atoms. The molecule has 2 aromatic heterocycles. The number of hydrogen-bond acceptors (Lipinski definition) is 7. The van der Waals surface area contributed by atoms with E-state index >= 15 is 0 Å². The van der Waals surface area contributed by atoms with E-state index in [4.69, 9.17) is 27.9 Å². The van der Waals surface area contributed by atoms with E-state index in [9.17, 15) is 18.0 Å². The SMILES string of the molecule is CNC(=O)[C@@H](C)Cn1cnc2ccc(-c3cnc(OC)c(NS(=O)(=O)c4ccc(Cl)cc4Cl)c3)cc2c1=O. The van der Waals surface area contributed by atoms with Gasteiger partial charge in [0.1, 0.15) is 10.6 Å². The third-order valence-corrected chi connectivity index (χ3v) is 7.88. The summed E-state index contributed by atoms with van der Waals surface area (Å²) in [6.07, 6.45) is 2.91. The van der Waals surface area contributed by atoms with Gasteiger partial charge in [0.2, 0.25) is 11.8 Å². The van der Waals surface area contributed by atoms with E-state index in [0.717, 1.165) is 0 Å². The van der Waals surface area contributed by atoms with Crippen LogP contribution in [0.15, 0.2) is 64.7 Å². The number of nitrogens with zero attached hydrogens (tertiary/aromatic N) is 3. The van der Waals surface area contributed by atoms with Gasteiger partial charge in [-0.2, -0.15) is 0 Å². The Morgan fingerprint density at radius 1 is 1.11 bits per heavy atom. The molecule has 2 aromatic carbocycles. The zero-order valence-corrected chi connectivity index (χ0v) is 22.9. The molecule has 0 saturated heterocycles. The molecule has 1 amide bonds. The summed E-state index contributed by atoms with van der Waals surface area (Å²) in [5, 5.41) is 3.15. The highest BCUT2D eigenvalue weighted by Crippen LogP contribution is 2.32. The highest BCUT2D eigenvalue weighted by Gasteiger charge is 2.21. The Labute approximate surface area is 228 Å². The molecule has 1 atom stereocenters. The van der Waals surface area contributed by atoms with E-state index in [1.807, 2.05) is 0 Å². The fourth-order valence-corrected chi connectivity index (χ4v) is 5.65. The second-order valence-electron chi connectivity index (χ2n) is 8.41. The molecule has 4 rings (SSSR count). The van der Waals surface area contributed by atoms with Gasteiger partial charge in [0.25, 0.3) is 15.6 Å². The molecule has 198 valence electrons. The summed E-state index contributed by atoms with van der Waals surface area (Å²) < 4.78 is 35.2. The number of pyridine rings is 1. The van der Waals surface area contributed by atoms with Gasteiger partial charge in [-0.05, 0) is 42.0 Å². The summed E-state index contributed by atoms with van der Waals surface area (Å²) in [6.45, 7) is 1.88. The van der Waals surface area contributed by atoms with Gasteiger partial charge in [0, 0.05) is 30.4 Å². The van der Waals surface area contributed by atoms with Crippen molar-refractivity contribution in [2.75, 3.05) is 18.9 Å². The summed E-state index contributed by atoms with van der Waals surface area (Å²) in [5.41, 5.74) is 1.34. The molecule has 0 bridgehead atoms. The first-order valence-electron chi connectivity index (χ1n) is 11.3. The third kappa shape index (κ3) is 5.59. The minimum atomic E-state index is -4.12. The fourth-order valence-electron chi connectivity index (χ4n) is 3.83. The van der Waals surface area contributed by atoms with Gasteiger partial charge in [-0.15, -0.1) is 0 Å². The second kappa shape index (κ2) is 11.0. The van der Waals surface area contributed by atoms with Gasteiger partial charge < -0.3 is 10.1 Å². The Morgan fingerprint density at radius 2 is 1.87 bits per heavy atom. The lowest BCUT2D eigenvalue weighted by atomic mass is 10.0. The number of fused-ring (bicyclic) bond motifs is 1. The maximum absolute atomic E-state index is 13.2. The van der Waals surface area contributed by atoms with Crippen LogP contribution in [0.1, 0.15) is 6.92 Å². The van der Waals surface area contributed by atoms with Crippen LogP contribution >= 0.6 is 23.2 Å². The van der Waals surface area contributed by atoms with E-state index in [1.165, 1.54) is 55.5 Å². The Morgan fingerprint density at radius 3 is 2.55 bits per heavy atom. The molecule has 10 nitrogen and oxygen atoms in total. The van der Waals surface area contributed by atoms with Crippen molar-refractivity contribution >= 4 is 55.7 Å². The molecule has 0 aliphatic heterocycles. The van der Waals surface area contributed by atoms with Crippen LogP contribution in [-0.4, -0.2) is 43.0 Å². The van der Waals surface area contributed by atoms with Crippen molar-refractivity contribution in [3.63, 3.8) is 0 Å². The number of carbonyl (C=O) groups excluding carboxylic acids is 1. The number of benzene rings is 2. The van der Waals surface area contributed by atoms with Crippen molar-refractivity contribution in [2.45, 2.75) is 18.4 Å². The molecule has 0 fully saturated rings. The van der Waals surface area contributed by atoms with E-state index < -0.39 is 15.9 Å². The Kier molecular flexibility index (Phi) is 7.91. The molecule has 0 radical (unpaired) electrons. The number of anilines is 1. The average molecular weight is 576 g/mol. The number of ether oxygens (including phenoxy) is 1. The highest BCUT2D eigenvalue weighted by molar-refractivity contribution is 7.92. The van der Waals surface area contributed by atoms with Gasteiger partial charge in [-0.1, -0.05) is 36.2 Å². The quantitative estimate of drug-likeness (QED) is 0.325. The van der Waals surface area contributed by atoms with Crippen LogP contribution in [0, 0.1) is 5.92 Å². The summed E-state index contributed by atoms with van der Waals surface area (Å²) in [5.74, 6) is -0.587. The van der Waals surface area contributed by atoms with Gasteiger partial charge in [-0.25, -0.2) is 18.4 Å². The first-order valence-corrected chi connectivity index (χ1v) is 13.5. The number of amides is 1. The predicted octanol–water partition coefficient (Wildman–Crippen LogP) is 3.96. The molecule has 38 heavy (non-hydrogen) atoms. The molecular weight excluding hydrogens is 553 g/mol. The van der Waals surface area contributed by atoms with Crippen LogP contribution in [0.25, 0.3) is 22.0 Å². The Hall–Kier alpha value is -3.67. The number of halogens is 2. The van der Waals surface area contributed by atoms with Crippen LogP contribution in [-0.2, 0) is 21.4 Å². The lowest BCUT2D eigenvalue weighted by Crippen LogP contribution is -2.32. The van der Waals surface area contributed by atoms with Crippen molar-refractivity contribution in [2.24, 2.45) is 5.92 Å². The first kappa shape index (κ1) is 27.4. The fraction of sp³-hybridized carbons (Fsp3) is 0.200. The lowest BCUT2D eigenvalue weighted by molar-refractivity contribution is -0.124. The summed E-state index contributed by atoms with van der Waals surface area (Å²) >= 11 is 12.0. The maximum Gasteiger partial charge on any atom is 0.263 e. The molecule has 4 aromatic rings. The van der Waals surface area contributed by atoms with Crippen LogP contribution < -0.4 is 20.3 Å². The summed E-state index contributed by atoms with van der Waals surface area (Å²) in [7, 11) is -1.22. The van der Waals surface area contributed by atoms with Crippen LogP contribution in [0.5, 0.6) is 5.88 Å². The minimum absolute atomic E-state index is 0.0374. The van der Waals surface area contributed by atoms with Crippen LogP contribution in [0.2, 0.25) is 10.0 Å². The van der Waals surface area contributed by atoms with Gasteiger partial charge in [-0.3, -0.25) is 18.9 Å². The normalized spacial score (nSPS) is 12.2. The minimum Gasteiger partial charge on any atom is -0.480 e. The molecule has 13 heteroatoms. The van der Waals surface area contributed by atoms with Crippen molar-refractivity contribution in [3.05, 3.63) is 75.4 Å². The number of carbonyl (C=O) groups is 1. The number of aromatic nitrogens is 3. The molecule has 2 N–H and O–H groups in total. The largest absolute Gasteiger partial charge is 0.480 e. The second-order valence-corrected chi connectivity index (χ2v) is 10.9. The molecule has 0 aliphatic rings. The number of nitrogens with one attached hydrogen (secondary N) is 2. The third-order valence-electron chi connectivity index (χ3n) is 5.79. The van der Waals surface area contributed by atoms with Gasteiger partial charge in [0.05, 0.1) is 35.3 Å². The van der Waals surface area contributed by atoms with Crippen molar-refractivity contribution < 1.29 is 17.9 Å². The zero-order chi connectivity index (χ0) is 27.6. The molecular formula is C25H23Cl2N5O5S. The van der Waals surface area contributed by atoms with Crippen LogP contribution in [0.4, 0.5) is 5.69 Å². The smallest absolute Gasteiger partial charge is 0.263 e. The highest BCUT2D eigenvalue weighted by atomic mass is 35.5. The first-order chi connectivity index (χ1) is 18.0. The predicted molar refractivity (Wildman–Crippen MR) is 146 cm³/mol. The number of sulfonamides is 1. The summed E-state index contributed by atoms with van der Waals surface area (Å²) in [4.78, 5) is 33.5. The van der Waals surface area contributed by atoms with Gasteiger partial charge >= 0.3 is 0 Å². The number of hydrogen-bond donors (Lipinski definition) is 2. The van der Waals surface area contributed by atoms with Crippen molar-refractivity contribution in [1.29, 1.82) is 0 Å². The van der Waals surface area contributed by atoms with Gasteiger partial charge in [0.15, 0.2) is 0 Å². The maximum atomic E-state index is 13.2. The molecule has 2 heterocycles. The number of methoxy groups -OCH3 is 1. The van der Waals surface area contributed by atoms with E-state index in [0.29, 0.717) is 27.1 Å². The number of rotatable bonds is 8. The topological polar surface area (TPSA) is 132 Å². The van der Waals surface area contributed by atoms with Crippen molar-refractivity contribution in [3.8, 4) is 17.0 Å². The standard InChI is InChI=1S/C25H23Cl2N5O5S/c1-14(23(33)28-2)12-32-13-30-20-6-4-15(8-18(20)25(32)34)16-9-21(24(37-3)29-11-16)31-38(35,36)22-7-5-17(26)10-19(22)27/h4-11,13-14,31H,12H2,1-3H3,(H,28,33)/t14-/m0/s1. The Balaban J connectivity index is 1.73. The van der Waals surface area contributed by atoms with E-state index in [1.54, 1.807) is 25.1 Å².